The molecule has 0 aliphatic heterocycles. The highest BCUT2D eigenvalue weighted by Gasteiger charge is 2.18. The lowest BCUT2D eigenvalue weighted by molar-refractivity contribution is -0.122. The molecule has 1 aromatic heterocycles. The number of nitrogens with zero attached hydrogens (tertiary/aromatic N) is 2. The van der Waals surface area contributed by atoms with E-state index >= 15 is 0 Å². The Hall–Kier alpha value is -1.89. The largest absolute Gasteiger partial charge is 0.338 e. The molecule has 1 aromatic rings. The van der Waals surface area contributed by atoms with Crippen LogP contribution in [0.4, 0.5) is 0 Å². The molecular formula is C13H17N3O. The van der Waals surface area contributed by atoms with Crippen LogP contribution in [0.15, 0.2) is 24.5 Å². The van der Waals surface area contributed by atoms with Crippen LogP contribution in [0.2, 0.25) is 0 Å². The minimum Gasteiger partial charge on any atom is -0.338 e. The van der Waals surface area contributed by atoms with E-state index in [1.807, 2.05) is 18.2 Å². The van der Waals surface area contributed by atoms with E-state index in [2.05, 4.69) is 10.3 Å². The van der Waals surface area contributed by atoms with Crippen LogP contribution in [0.1, 0.15) is 32.3 Å². The molecule has 0 aliphatic rings. The molecule has 0 aromatic carbocycles. The van der Waals surface area contributed by atoms with E-state index < -0.39 is 5.54 Å². The minimum atomic E-state index is -0.786. The second-order valence-corrected chi connectivity index (χ2v) is 4.50. The summed E-state index contributed by atoms with van der Waals surface area (Å²) in [6, 6.07) is 5.91. The van der Waals surface area contributed by atoms with Crippen molar-refractivity contribution in [3.05, 3.63) is 30.1 Å². The van der Waals surface area contributed by atoms with Gasteiger partial charge in [-0.1, -0.05) is 6.07 Å². The molecule has 1 N–H and O–H groups in total. The van der Waals surface area contributed by atoms with Crippen molar-refractivity contribution >= 4 is 5.91 Å². The molecule has 0 spiro atoms. The zero-order chi connectivity index (χ0) is 12.7. The summed E-state index contributed by atoms with van der Waals surface area (Å²) < 4.78 is 0. The normalized spacial score (nSPS) is 10.6. The maximum Gasteiger partial charge on any atom is 0.221 e. The Morgan fingerprint density at radius 3 is 2.94 bits per heavy atom. The molecular weight excluding hydrogens is 214 g/mol. The van der Waals surface area contributed by atoms with Gasteiger partial charge < -0.3 is 5.32 Å². The summed E-state index contributed by atoms with van der Waals surface area (Å²) in [6.07, 6.45) is 5.55. The molecule has 0 bridgehead atoms. The predicted octanol–water partition coefficient (Wildman–Crippen LogP) is 1.82. The lowest BCUT2D eigenvalue weighted by Gasteiger charge is -2.17. The van der Waals surface area contributed by atoms with Gasteiger partial charge in [0.15, 0.2) is 0 Å². The predicted molar refractivity (Wildman–Crippen MR) is 65.0 cm³/mol. The summed E-state index contributed by atoms with van der Waals surface area (Å²) in [5.41, 5.74) is 0.339. The number of aromatic nitrogens is 1. The standard InChI is InChI=1S/C13H17N3O/c1-13(2,10-14)16-12(17)7-3-5-11-6-4-8-15-9-11/h4,6,8-9H,3,5,7H2,1-2H3,(H,16,17). The monoisotopic (exact) mass is 231 g/mol. The third-order valence-corrected chi connectivity index (χ3v) is 2.32. The molecule has 0 unspecified atom stereocenters. The van der Waals surface area contributed by atoms with Crippen LogP contribution in [0, 0.1) is 11.3 Å². The molecule has 1 heterocycles. The Morgan fingerprint density at radius 1 is 1.59 bits per heavy atom. The fourth-order valence-corrected chi connectivity index (χ4v) is 1.44. The number of hydrogen-bond acceptors (Lipinski definition) is 3. The Labute approximate surface area is 102 Å². The van der Waals surface area contributed by atoms with Crippen molar-refractivity contribution in [1.29, 1.82) is 5.26 Å². The minimum absolute atomic E-state index is 0.0829. The molecule has 17 heavy (non-hydrogen) atoms. The average molecular weight is 231 g/mol. The lowest BCUT2D eigenvalue weighted by atomic mass is 10.1. The molecule has 90 valence electrons. The van der Waals surface area contributed by atoms with Crippen molar-refractivity contribution in [2.75, 3.05) is 0 Å². The first-order valence-electron chi connectivity index (χ1n) is 5.65. The highest BCUT2D eigenvalue weighted by molar-refractivity contribution is 5.77. The van der Waals surface area contributed by atoms with Crippen LogP contribution in [0.25, 0.3) is 0 Å². The lowest BCUT2D eigenvalue weighted by Crippen LogP contribution is -2.41. The third-order valence-electron chi connectivity index (χ3n) is 2.32. The number of pyridine rings is 1. The Bertz CT molecular complexity index is 406. The number of aryl methyl sites for hydroxylation is 1. The molecule has 0 saturated carbocycles. The smallest absolute Gasteiger partial charge is 0.221 e. The van der Waals surface area contributed by atoms with E-state index in [0.717, 1.165) is 18.4 Å². The van der Waals surface area contributed by atoms with Crippen LogP contribution in [0.5, 0.6) is 0 Å². The highest BCUT2D eigenvalue weighted by Crippen LogP contribution is 2.05. The van der Waals surface area contributed by atoms with Crippen molar-refractivity contribution in [3.8, 4) is 6.07 Å². The molecule has 0 aliphatic carbocycles. The SMILES string of the molecule is CC(C)(C#N)NC(=O)CCCc1cccnc1. The maximum atomic E-state index is 11.5. The van der Waals surface area contributed by atoms with E-state index in [-0.39, 0.29) is 5.91 Å². The van der Waals surface area contributed by atoms with E-state index in [1.165, 1.54) is 0 Å². The number of carbonyl (C=O) groups is 1. The quantitative estimate of drug-likeness (QED) is 0.840. The molecule has 0 fully saturated rings. The second kappa shape index (κ2) is 6.00. The van der Waals surface area contributed by atoms with Crippen molar-refractivity contribution in [2.45, 2.75) is 38.6 Å². The fourth-order valence-electron chi connectivity index (χ4n) is 1.44. The van der Waals surface area contributed by atoms with E-state index in [4.69, 9.17) is 5.26 Å². The van der Waals surface area contributed by atoms with Gasteiger partial charge in [0.05, 0.1) is 6.07 Å². The van der Waals surface area contributed by atoms with Gasteiger partial charge in [0.2, 0.25) is 5.91 Å². The Kier molecular flexibility index (Phi) is 4.65. The van der Waals surface area contributed by atoms with Crippen molar-refractivity contribution in [2.24, 2.45) is 0 Å². The van der Waals surface area contributed by atoms with Crippen LogP contribution in [-0.2, 0) is 11.2 Å². The first-order valence-corrected chi connectivity index (χ1v) is 5.65. The van der Waals surface area contributed by atoms with Gasteiger partial charge in [-0.05, 0) is 38.3 Å². The third kappa shape index (κ3) is 5.12. The zero-order valence-electron chi connectivity index (χ0n) is 10.2. The molecule has 1 rings (SSSR count). The van der Waals surface area contributed by atoms with E-state index in [0.29, 0.717) is 6.42 Å². The molecule has 0 saturated heterocycles. The molecule has 4 heteroatoms. The van der Waals surface area contributed by atoms with Crippen LogP contribution in [-0.4, -0.2) is 16.4 Å². The Balaban J connectivity index is 2.28. The first-order chi connectivity index (χ1) is 8.03. The van der Waals surface area contributed by atoms with Gasteiger partial charge >= 0.3 is 0 Å². The topological polar surface area (TPSA) is 65.8 Å². The van der Waals surface area contributed by atoms with Crippen molar-refractivity contribution in [1.82, 2.24) is 10.3 Å². The van der Waals surface area contributed by atoms with E-state index in [1.54, 1.807) is 26.2 Å². The van der Waals surface area contributed by atoms with Gasteiger partial charge in [0.1, 0.15) is 5.54 Å². The van der Waals surface area contributed by atoms with Crippen LogP contribution in [0.3, 0.4) is 0 Å². The van der Waals surface area contributed by atoms with Gasteiger partial charge in [-0.2, -0.15) is 5.26 Å². The number of nitriles is 1. The summed E-state index contributed by atoms with van der Waals surface area (Å²) in [6.45, 7) is 3.37. The van der Waals surface area contributed by atoms with Gasteiger partial charge in [0, 0.05) is 18.8 Å². The number of rotatable bonds is 5. The van der Waals surface area contributed by atoms with Gasteiger partial charge in [-0.3, -0.25) is 9.78 Å². The average Bonchev–Trinajstić information content (AvgIpc) is 2.30. The Morgan fingerprint density at radius 2 is 2.35 bits per heavy atom. The summed E-state index contributed by atoms with van der Waals surface area (Å²) in [7, 11) is 0. The fraction of sp³-hybridized carbons (Fsp3) is 0.462. The molecule has 1 amide bonds. The van der Waals surface area contributed by atoms with Gasteiger partial charge in [-0.25, -0.2) is 0 Å². The zero-order valence-corrected chi connectivity index (χ0v) is 10.2. The summed E-state index contributed by atoms with van der Waals surface area (Å²) in [4.78, 5) is 15.5. The van der Waals surface area contributed by atoms with Crippen molar-refractivity contribution in [3.63, 3.8) is 0 Å². The summed E-state index contributed by atoms with van der Waals surface area (Å²) in [5, 5.41) is 11.4. The van der Waals surface area contributed by atoms with Crippen molar-refractivity contribution < 1.29 is 4.79 Å². The molecule has 0 radical (unpaired) electrons. The maximum absolute atomic E-state index is 11.5. The van der Waals surface area contributed by atoms with Crippen LogP contribution < -0.4 is 5.32 Å². The first kappa shape index (κ1) is 13.2. The van der Waals surface area contributed by atoms with E-state index in [9.17, 15) is 4.79 Å². The number of amides is 1. The number of carbonyl (C=O) groups excluding carboxylic acids is 1. The summed E-state index contributed by atoms with van der Waals surface area (Å²) in [5.74, 6) is -0.0829. The molecule has 4 nitrogen and oxygen atoms in total. The summed E-state index contributed by atoms with van der Waals surface area (Å²) >= 11 is 0. The number of hydrogen-bond donors (Lipinski definition) is 1. The van der Waals surface area contributed by atoms with Crippen LogP contribution >= 0.6 is 0 Å². The second-order valence-electron chi connectivity index (χ2n) is 4.50. The van der Waals surface area contributed by atoms with Gasteiger partial charge in [-0.15, -0.1) is 0 Å². The highest BCUT2D eigenvalue weighted by atomic mass is 16.1. The van der Waals surface area contributed by atoms with Gasteiger partial charge in [0.25, 0.3) is 0 Å². The molecule has 0 atom stereocenters. The number of nitrogens with one attached hydrogen (secondary N) is 1.